The number of Topliss-reactive ketones (excluding diaryl/α,β-unsaturated/α-hetero) is 1. The number of aromatic nitrogens is 4. The van der Waals surface area contributed by atoms with Gasteiger partial charge in [-0.3, -0.25) is 9.36 Å². The van der Waals surface area contributed by atoms with Gasteiger partial charge in [-0.15, -0.1) is 10.2 Å². The molecule has 1 aromatic carbocycles. The SMILES string of the molecule is Cc1cccc(-n2c(SCC(=O)c3ccc[nH]3)nnc2N2CCOCC2)c1. The zero-order valence-corrected chi connectivity index (χ0v) is 15.9. The average molecular weight is 383 g/mol. The van der Waals surface area contributed by atoms with E-state index in [4.69, 9.17) is 4.74 Å². The number of hydrogen-bond donors (Lipinski definition) is 1. The van der Waals surface area contributed by atoms with E-state index in [-0.39, 0.29) is 5.78 Å². The lowest BCUT2D eigenvalue weighted by atomic mass is 10.2. The fraction of sp³-hybridized carbons (Fsp3) is 0.316. The molecule has 0 saturated carbocycles. The molecule has 2 aromatic heterocycles. The Labute approximate surface area is 161 Å². The van der Waals surface area contributed by atoms with Gasteiger partial charge < -0.3 is 14.6 Å². The number of nitrogens with zero attached hydrogens (tertiary/aromatic N) is 4. The number of hydrogen-bond acceptors (Lipinski definition) is 6. The van der Waals surface area contributed by atoms with Gasteiger partial charge in [-0.25, -0.2) is 0 Å². The first-order valence-corrected chi connectivity index (χ1v) is 9.85. The number of nitrogens with one attached hydrogen (secondary N) is 1. The van der Waals surface area contributed by atoms with Crippen molar-refractivity contribution < 1.29 is 9.53 Å². The maximum absolute atomic E-state index is 12.4. The summed E-state index contributed by atoms with van der Waals surface area (Å²) in [5.41, 5.74) is 2.77. The van der Waals surface area contributed by atoms with Crippen LogP contribution in [0.2, 0.25) is 0 Å². The van der Waals surface area contributed by atoms with Gasteiger partial charge in [-0.2, -0.15) is 0 Å². The number of ether oxygens (including phenoxy) is 1. The normalized spacial score (nSPS) is 14.5. The number of rotatable bonds is 6. The van der Waals surface area contributed by atoms with Crippen molar-refractivity contribution in [2.75, 3.05) is 37.0 Å². The predicted molar refractivity (Wildman–Crippen MR) is 105 cm³/mol. The van der Waals surface area contributed by atoms with Crippen LogP contribution < -0.4 is 4.90 Å². The molecule has 1 aliphatic rings. The highest BCUT2D eigenvalue weighted by Gasteiger charge is 2.22. The van der Waals surface area contributed by atoms with Crippen molar-refractivity contribution in [3.63, 3.8) is 0 Å². The minimum Gasteiger partial charge on any atom is -0.378 e. The molecule has 0 spiro atoms. The number of ketones is 1. The second kappa shape index (κ2) is 7.98. The molecular formula is C19H21N5O2S. The standard InChI is InChI=1S/C19H21N5O2S/c1-14-4-2-5-15(12-14)24-18(23-8-10-26-11-9-23)21-22-19(24)27-13-17(25)16-6-3-7-20-16/h2-7,12,20H,8-11,13H2,1H3. The van der Waals surface area contributed by atoms with Crippen molar-refractivity contribution >= 4 is 23.5 Å². The van der Waals surface area contributed by atoms with Crippen LogP contribution in [0, 0.1) is 6.92 Å². The van der Waals surface area contributed by atoms with Gasteiger partial charge >= 0.3 is 0 Å². The molecule has 3 heterocycles. The van der Waals surface area contributed by atoms with Gasteiger partial charge in [0.1, 0.15) is 0 Å². The molecule has 1 saturated heterocycles. The lowest BCUT2D eigenvalue weighted by Gasteiger charge is -2.28. The number of anilines is 1. The highest BCUT2D eigenvalue weighted by molar-refractivity contribution is 7.99. The summed E-state index contributed by atoms with van der Waals surface area (Å²) in [5, 5.41) is 9.52. The summed E-state index contributed by atoms with van der Waals surface area (Å²) in [4.78, 5) is 17.5. The zero-order valence-electron chi connectivity index (χ0n) is 15.1. The van der Waals surface area contributed by atoms with Crippen LogP contribution in [0.3, 0.4) is 0 Å². The van der Waals surface area contributed by atoms with Gasteiger partial charge in [0.2, 0.25) is 5.95 Å². The molecule has 0 atom stereocenters. The fourth-order valence-electron chi connectivity index (χ4n) is 3.03. The van der Waals surface area contributed by atoms with Gasteiger partial charge in [0.15, 0.2) is 10.9 Å². The number of morpholine rings is 1. The molecule has 4 rings (SSSR count). The van der Waals surface area contributed by atoms with E-state index >= 15 is 0 Å². The number of carbonyl (C=O) groups excluding carboxylic acids is 1. The third-order valence-corrected chi connectivity index (χ3v) is 5.33. The number of benzene rings is 1. The Morgan fingerprint density at radius 2 is 2.07 bits per heavy atom. The van der Waals surface area contributed by atoms with Crippen molar-refractivity contribution in [1.29, 1.82) is 0 Å². The van der Waals surface area contributed by atoms with Gasteiger partial charge in [-0.1, -0.05) is 23.9 Å². The summed E-state index contributed by atoms with van der Waals surface area (Å²) in [5.74, 6) is 1.13. The topological polar surface area (TPSA) is 76.0 Å². The summed E-state index contributed by atoms with van der Waals surface area (Å²) in [6.45, 7) is 4.96. The van der Waals surface area contributed by atoms with E-state index in [2.05, 4.69) is 39.1 Å². The van der Waals surface area contributed by atoms with Crippen LogP contribution >= 0.6 is 11.8 Å². The molecule has 1 aliphatic heterocycles. The number of H-pyrrole nitrogens is 1. The second-order valence-electron chi connectivity index (χ2n) is 6.35. The minimum absolute atomic E-state index is 0.0386. The van der Waals surface area contributed by atoms with E-state index in [1.54, 1.807) is 12.3 Å². The summed E-state index contributed by atoms with van der Waals surface area (Å²) in [6, 6.07) is 11.8. The van der Waals surface area contributed by atoms with Gasteiger partial charge in [0, 0.05) is 19.3 Å². The third kappa shape index (κ3) is 3.91. The van der Waals surface area contributed by atoms with E-state index in [0.29, 0.717) is 29.8 Å². The lowest BCUT2D eigenvalue weighted by molar-refractivity contribution is 0.101. The number of carbonyl (C=O) groups is 1. The minimum atomic E-state index is 0.0386. The van der Waals surface area contributed by atoms with E-state index < -0.39 is 0 Å². The molecule has 1 N–H and O–H groups in total. The van der Waals surface area contributed by atoms with E-state index in [1.165, 1.54) is 11.8 Å². The van der Waals surface area contributed by atoms with Gasteiger partial charge in [-0.05, 0) is 36.8 Å². The Kier molecular flexibility index (Phi) is 5.26. The lowest BCUT2D eigenvalue weighted by Crippen LogP contribution is -2.37. The van der Waals surface area contributed by atoms with Crippen molar-refractivity contribution in [3.05, 3.63) is 53.9 Å². The maximum atomic E-state index is 12.4. The highest BCUT2D eigenvalue weighted by Crippen LogP contribution is 2.28. The van der Waals surface area contributed by atoms with Crippen LogP contribution in [0.25, 0.3) is 5.69 Å². The quantitative estimate of drug-likeness (QED) is 0.521. The number of aromatic amines is 1. The van der Waals surface area contributed by atoms with Crippen LogP contribution in [0.4, 0.5) is 5.95 Å². The molecular weight excluding hydrogens is 362 g/mol. The van der Waals surface area contributed by atoms with Crippen molar-refractivity contribution in [2.24, 2.45) is 0 Å². The monoisotopic (exact) mass is 383 g/mol. The molecule has 0 bridgehead atoms. The Morgan fingerprint density at radius 3 is 2.81 bits per heavy atom. The second-order valence-corrected chi connectivity index (χ2v) is 7.29. The van der Waals surface area contributed by atoms with Crippen LogP contribution in [-0.4, -0.2) is 57.6 Å². The van der Waals surface area contributed by atoms with E-state index in [0.717, 1.165) is 30.3 Å². The molecule has 27 heavy (non-hydrogen) atoms. The molecule has 0 unspecified atom stereocenters. The van der Waals surface area contributed by atoms with Crippen LogP contribution in [0.1, 0.15) is 16.1 Å². The van der Waals surface area contributed by atoms with Crippen molar-refractivity contribution in [1.82, 2.24) is 19.7 Å². The first-order valence-electron chi connectivity index (χ1n) is 8.87. The summed E-state index contributed by atoms with van der Waals surface area (Å²) >= 11 is 1.40. The molecule has 3 aromatic rings. The molecule has 140 valence electrons. The highest BCUT2D eigenvalue weighted by atomic mass is 32.2. The summed E-state index contributed by atoms with van der Waals surface area (Å²) in [7, 11) is 0. The molecule has 0 amide bonds. The smallest absolute Gasteiger partial charge is 0.232 e. The van der Waals surface area contributed by atoms with Gasteiger partial charge in [0.05, 0.1) is 30.3 Å². The van der Waals surface area contributed by atoms with Crippen molar-refractivity contribution in [3.8, 4) is 5.69 Å². The average Bonchev–Trinajstić information content (AvgIpc) is 3.37. The van der Waals surface area contributed by atoms with Gasteiger partial charge in [0.25, 0.3) is 0 Å². The Bertz CT molecular complexity index is 916. The van der Waals surface area contributed by atoms with Crippen LogP contribution in [0.5, 0.6) is 0 Å². The molecule has 7 nitrogen and oxygen atoms in total. The molecule has 8 heteroatoms. The Hall–Kier alpha value is -2.58. The first kappa shape index (κ1) is 17.8. The molecule has 0 radical (unpaired) electrons. The first-order chi connectivity index (χ1) is 13.2. The van der Waals surface area contributed by atoms with Crippen LogP contribution in [0.15, 0.2) is 47.8 Å². The number of aryl methyl sites for hydroxylation is 1. The number of thioether (sulfide) groups is 1. The zero-order chi connectivity index (χ0) is 18.6. The Balaban J connectivity index is 1.64. The predicted octanol–water partition coefficient (Wildman–Crippen LogP) is 2.72. The molecule has 0 aliphatic carbocycles. The van der Waals surface area contributed by atoms with Crippen molar-refractivity contribution in [2.45, 2.75) is 12.1 Å². The van der Waals surface area contributed by atoms with Crippen LogP contribution in [-0.2, 0) is 4.74 Å². The van der Waals surface area contributed by atoms with E-state index in [9.17, 15) is 4.79 Å². The van der Waals surface area contributed by atoms with E-state index in [1.807, 2.05) is 22.8 Å². The largest absolute Gasteiger partial charge is 0.378 e. The summed E-state index contributed by atoms with van der Waals surface area (Å²) in [6.07, 6.45) is 1.75. The Morgan fingerprint density at radius 1 is 1.22 bits per heavy atom. The molecule has 1 fully saturated rings. The third-order valence-electron chi connectivity index (χ3n) is 4.40. The summed E-state index contributed by atoms with van der Waals surface area (Å²) < 4.78 is 7.49. The fourth-order valence-corrected chi connectivity index (χ4v) is 3.86. The maximum Gasteiger partial charge on any atom is 0.232 e.